The minimum atomic E-state index is -0.202. The summed E-state index contributed by atoms with van der Waals surface area (Å²) in [5.41, 5.74) is 6.23. The lowest BCUT2D eigenvalue weighted by Crippen LogP contribution is -2.22. The van der Waals surface area contributed by atoms with Gasteiger partial charge in [0, 0.05) is 43.3 Å². The zero-order chi connectivity index (χ0) is 31.6. The molecule has 0 bridgehead atoms. The van der Waals surface area contributed by atoms with Crippen molar-refractivity contribution in [2.45, 2.75) is 70.4 Å². The van der Waals surface area contributed by atoms with E-state index >= 15 is 0 Å². The molecule has 1 aliphatic carbocycles. The van der Waals surface area contributed by atoms with Crippen molar-refractivity contribution in [2.75, 3.05) is 25.1 Å². The maximum absolute atomic E-state index is 14.2. The van der Waals surface area contributed by atoms with Crippen molar-refractivity contribution in [2.24, 2.45) is 5.92 Å². The van der Waals surface area contributed by atoms with Gasteiger partial charge >= 0.3 is 0 Å². The number of anilines is 1. The van der Waals surface area contributed by atoms with Gasteiger partial charge < -0.3 is 19.4 Å². The average molecular weight is 651 g/mol. The largest absolute Gasteiger partial charge is 0.421 e. The fourth-order valence-corrected chi connectivity index (χ4v) is 9.24. The van der Waals surface area contributed by atoms with Gasteiger partial charge in [-0.2, -0.15) is 0 Å². The monoisotopic (exact) mass is 650 g/mol. The zero-order valence-electron chi connectivity index (χ0n) is 26.2. The third kappa shape index (κ3) is 4.93. The highest BCUT2D eigenvalue weighted by atomic mass is 32.1. The number of amides is 1. The number of benzene rings is 1. The van der Waals surface area contributed by atoms with Crippen LogP contribution in [0.2, 0.25) is 0 Å². The van der Waals surface area contributed by atoms with E-state index in [1.54, 1.807) is 24.3 Å². The predicted octanol–water partition coefficient (Wildman–Crippen LogP) is 7.61. The van der Waals surface area contributed by atoms with Gasteiger partial charge in [0.2, 0.25) is 11.8 Å². The molecule has 5 aromatic rings. The summed E-state index contributed by atoms with van der Waals surface area (Å²) in [6.07, 6.45) is 9.23. The van der Waals surface area contributed by atoms with Crippen molar-refractivity contribution in [3.8, 4) is 21.9 Å². The van der Waals surface area contributed by atoms with Gasteiger partial charge in [0.1, 0.15) is 11.6 Å². The summed E-state index contributed by atoms with van der Waals surface area (Å²) in [6.45, 7) is 4.12. The number of thiophene rings is 1. The normalized spacial score (nSPS) is 20.6. The highest BCUT2D eigenvalue weighted by Gasteiger charge is 2.45. The summed E-state index contributed by atoms with van der Waals surface area (Å²) in [4.78, 5) is 27.2. The number of nitrogens with one attached hydrogen (secondary N) is 1. The maximum atomic E-state index is 14.2. The second-order valence-corrected chi connectivity index (χ2v) is 14.3. The van der Waals surface area contributed by atoms with E-state index in [4.69, 9.17) is 19.1 Å². The third-order valence-electron chi connectivity index (χ3n) is 10.4. The molecule has 2 saturated heterocycles. The first-order chi connectivity index (χ1) is 23.0. The van der Waals surface area contributed by atoms with Gasteiger partial charge in [0.25, 0.3) is 5.91 Å². The van der Waals surface area contributed by atoms with Crippen LogP contribution in [0.4, 0.5) is 10.2 Å². The second-order valence-electron chi connectivity index (χ2n) is 13.2. The highest BCUT2D eigenvalue weighted by Crippen LogP contribution is 2.50. The van der Waals surface area contributed by atoms with E-state index in [0.717, 1.165) is 126 Å². The molecule has 0 spiro atoms. The van der Waals surface area contributed by atoms with Crippen LogP contribution in [0.25, 0.3) is 32.0 Å². The fraction of sp³-hybridized carbons (Fsp3) is 0.417. The Hall–Kier alpha value is -4.22. The van der Waals surface area contributed by atoms with Gasteiger partial charge in [-0.15, -0.1) is 21.5 Å². The third-order valence-corrected chi connectivity index (χ3v) is 11.6. The van der Waals surface area contributed by atoms with Gasteiger partial charge in [-0.05, 0) is 98.1 Å². The minimum absolute atomic E-state index is 0.00269. The van der Waals surface area contributed by atoms with E-state index in [1.165, 1.54) is 6.07 Å². The van der Waals surface area contributed by atoms with E-state index in [0.29, 0.717) is 23.3 Å². The van der Waals surface area contributed by atoms with E-state index in [9.17, 15) is 9.18 Å². The Morgan fingerprint density at radius 1 is 1.06 bits per heavy atom. The standard InChI is InChI=1S/C36H35FN6O3S/c1-19-41-42-35(46-19)29-26(8-4-20-11-15-45-16-12-20)39-32-27-3-2-14-43(27)36(44)31(32)30(29)28-18-22-10-13-38-34(33(22)47-28)40-25-9-5-21-17-23(37)6-7-24(21)25/h6-7,10,13,17-18,20,25,27H,2-5,8-9,11-12,14-16H2,1H3,(H,38,40)/t25-,27-/m0/s1. The molecule has 9 rings (SSSR count). The lowest BCUT2D eigenvalue weighted by molar-refractivity contribution is 0.0639. The van der Waals surface area contributed by atoms with E-state index in [2.05, 4.69) is 21.6 Å². The number of rotatable bonds is 7. The van der Waals surface area contributed by atoms with Crippen LogP contribution in [0.15, 0.2) is 40.9 Å². The average Bonchev–Trinajstić information content (AvgIpc) is 3.92. The number of pyridine rings is 2. The molecular weight excluding hydrogens is 616 g/mol. The molecule has 2 atom stereocenters. The Morgan fingerprint density at radius 2 is 1.96 bits per heavy atom. The second kappa shape index (κ2) is 11.5. The highest BCUT2D eigenvalue weighted by molar-refractivity contribution is 7.23. The molecule has 47 heavy (non-hydrogen) atoms. The number of aryl methyl sites for hydroxylation is 3. The minimum Gasteiger partial charge on any atom is -0.421 e. The van der Waals surface area contributed by atoms with E-state index in [1.807, 2.05) is 23.2 Å². The first kappa shape index (κ1) is 29.0. The smallest absolute Gasteiger partial charge is 0.257 e. The van der Waals surface area contributed by atoms with Crippen LogP contribution in [0.5, 0.6) is 0 Å². The van der Waals surface area contributed by atoms with Crippen LogP contribution >= 0.6 is 11.3 Å². The summed E-state index contributed by atoms with van der Waals surface area (Å²) >= 11 is 1.62. The predicted molar refractivity (Wildman–Crippen MR) is 177 cm³/mol. The topological polar surface area (TPSA) is 106 Å². The SMILES string of the molecule is Cc1nnc(-c2c(CCC3CCOCC3)nc3c(c2-c2cc4ccnc(N[C@H]5CCc6cc(F)ccc65)c4s2)C(=O)N2CCC[C@@H]32)o1. The van der Waals surface area contributed by atoms with Crippen molar-refractivity contribution >= 4 is 33.1 Å². The summed E-state index contributed by atoms with van der Waals surface area (Å²) in [5, 5.41) is 13.4. The molecule has 0 saturated carbocycles. The Morgan fingerprint density at radius 3 is 2.81 bits per heavy atom. The molecule has 0 radical (unpaired) electrons. The van der Waals surface area contributed by atoms with Crippen LogP contribution in [-0.4, -0.2) is 50.7 Å². The van der Waals surface area contributed by atoms with Crippen molar-refractivity contribution in [1.82, 2.24) is 25.1 Å². The molecule has 7 heterocycles. The molecule has 11 heteroatoms. The Labute approximate surface area is 275 Å². The van der Waals surface area contributed by atoms with Gasteiger partial charge in [0.15, 0.2) is 0 Å². The first-order valence-electron chi connectivity index (χ1n) is 16.7. The number of fused-ring (bicyclic) bond motifs is 5. The molecular formula is C36H35FN6O3S. The lowest BCUT2D eigenvalue weighted by Gasteiger charge is -2.22. The van der Waals surface area contributed by atoms with Crippen LogP contribution in [0.3, 0.4) is 0 Å². The van der Waals surface area contributed by atoms with Crippen LogP contribution in [-0.2, 0) is 17.6 Å². The zero-order valence-corrected chi connectivity index (χ0v) is 27.0. The summed E-state index contributed by atoms with van der Waals surface area (Å²) in [6, 6.07) is 9.27. The lowest BCUT2D eigenvalue weighted by atomic mass is 9.90. The summed E-state index contributed by atoms with van der Waals surface area (Å²) in [7, 11) is 0. The molecule has 1 aromatic carbocycles. The van der Waals surface area contributed by atoms with Gasteiger partial charge in [-0.1, -0.05) is 6.07 Å². The first-order valence-corrected chi connectivity index (χ1v) is 17.5. The molecule has 4 aromatic heterocycles. The van der Waals surface area contributed by atoms with Crippen LogP contribution < -0.4 is 5.32 Å². The van der Waals surface area contributed by atoms with Crippen molar-refractivity contribution in [3.63, 3.8) is 0 Å². The number of carbonyl (C=O) groups is 1. The van der Waals surface area contributed by atoms with E-state index < -0.39 is 0 Å². The molecule has 240 valence electrons. The van der Waals surface area contributed by atoms with Crippen LogP contribution in [0, 0.1) is 18.7 Å². The van der Waals surface area contributed by atoms with E-state index in [-0.39, 0.29) is 23.8 Å². The molecule has 1 amide bonds. The Balaban J connectivity index is 1.19. The number of aromatic nitrogens is 4. The van der Waals surface area contributed by atoms with Crippen molar-refractivity contribution in [1.29, 1.82) is 0 Å². The quantitative estimate of drug-likeness (QED) is 0.192. The number of hydrogen-bond acceptors (Lipinski definition) is 9. The fourth-order valence-electron chi connectivity index (χ4n) is 8.07. The van der Waals surface area contributed by atoms with Crippen molar-refractivity contribution in [3.05, 3.63) is 76.3 Å². The van der Waals surface area contributed by atoms with Gasteiger partial charge in [0.05, 0.1) is 39.3 Å². The van der Waals surface area contributed by atoms with Crippen molar-refractivity contribution < 1.29 is 18.3 Å². The maximum Gasteiger partial charge on any atom is 0.257 e. The number of carbonyl (C=O) groups excluding carboxylic acids is 1. The molecule has 2 fully saturated rings. The molecule has 4 aliphatic rings. The molecule has 3 aliphatic heterocycles. The molecule has 1 N–H and O–H groups in total. The molecule has 9 nitrogen and oxygen atoms in total. The number of halogens is 1. The van der Waals surface area contributed by atoms with Crippen LogP contribution in [0.1, 0.15) is 89.4 Å². The van der Waals surface area contributed by atoms with Gasteiger partial charge in [-0.3, -0.25) is 9.78 Å². The Kier molecular flexibility index (Phi) is 7.08. The molecule has 0 unspecified atom stereocenters. The number of ether oxygens (including phenoxy) is 1. The summed E-state index contributed by atoms with van der Waals surface area (Å²) < 4.78 is 26.7. The van der Waals surface area contributed by atoms with Gasteiger partial charge in [-0.25, -0.2) is 9.37 Å². The Bertz CT molecular complexity index is 2030. The number of hydrogen-bond donors (Lipinski definition) is 1. The number of nitrogens with zero attached hydrogens (tertiary/aromatic N) is 5. The summed E-state index contributed by atoms with van der Waals surface area (Å²) in [5.74, 6) is 2.05.